The van der Waals surface area contributed by atoms with E-state index in [1.165, 1.54) is 6.07 Å². The Balaban J connectivity index is 1.44. The highest BCUT2D eigenvalue weighted by molar-refractivity contribution is 6.04. The largest absolute Gasteiger partial charge is 0.451 e. The molecule has 1 amide bonds. The molecule has 4 aromatic heterocycles. The molecule has 0 unspecified atom stereocenters. The first-order chi connectivity index (χ1) is 16.0. The van der Waals surface area contributed by atoms with E-state index in [9.17, 15) is 13.6 Å². The maximum atomic E-state index is 14.5. The first-order valence-electron chi connectivity index (χ1n) is 10.4. The van der Waals surface area contributed by atoms with Crippen LogP contribution in [0.1, 0.15) is 36.4 Å². The van der Waals surface area contributed by atoms with Gasteiger partial charge in [0, 0.05) is 19.0 Å². The van der Waals surface area contributed by atoms with Gasteiger partial charge in [-0.15, -0.1) is 0 Å². The Morgan fingerprint density at radius 3 is 2.88 bits per heavy atom. The van der Waals surface area contributed by atoms with E-state index < -0.39 is 17.7 Å². The second-order valence-corrected chi connectivity index (χ2v) is 7.64. The topological polar surface area (TPSA) is 111 Å². The highest BCUT2D eigenvalue weighted by Crippen LogP contribution is 2.37. The Labute approximate surface area is 186 Å². The number of hydrogen-bond donors (Lipinski definition) is 2. The van der Waals surface area contributed by atoms with Gasteiger partial charge in [0.15, 0.2) is 11.6 Å². The maximum Gasteiger partial charge on any atom is 0.291 e. The quantitative estimate of drug-likeness (QED) is 0.405. The Hall–Kier alpha value is -3.86. The summed E-state index contributed by atoms with van der Waals surface area (Å²) in [5.74, 6) is -1.67. The fraction of sp³-hybridized carbons (Fsp3) is 0.273. The number of anilines is 1. The van der Waals surface area contributed by atoms with Crippen LogP contribution in [0, 0.1) is 11.8 Å². The molecular formula is C22H20F2N6O3. The van der Waals surface area contributed by atoms with Gasteiger partial charge < -0.3 is 14.5 Å². The number of carbonyl (C=O) groups excluding carboxylic acids is 1. The van der Waals surface area contributed by atoms with Crippen LogP contribution >= 0.6 is 0 Å². The van der Waals surface area contributed by atoms with Crippen molar-refractivity contribution in [3.05, 3.63) is 60.4 Å². The first-order valence-corrected chi connectivity index (χ1v) is 10.4. The zero-order valence-electron chi connectivity index (χ0n) is 17.6. The lowest BCUT2D eigenvalue weighted by atomic mass is 9.89. The van der Waals surface area contributed by atoms with Crippen molar-refractivity contribution in [2.45, 2.75) is 31.9 Å². The minimum atomic E-state index is -0.853. The highest BCUT2D eigenvalue weighted by atomic mass is 19.1. The van der Waals surface area contributed by atoms with Gasteiger partial charge in [-0.2, -0.15) is 14.6 Å². The summed E-state index contributed by atoms with van der Waals surface area (Å²) in [7, 11) is 0. The number of nitrogens with zero attached hydrogens (tertiary/aromatic N) is 4. The lowest BCUT2D eigenvalue weighted by Gasteiger charge is -2.34. The molecule has 0 bridgehead atoms. The molecule has 2 N–H and O–H groups in total. The van der Waals surface area contributed by atoms with E-state index in [4.69, 9.17) is 9.15 Å². The van der Waals surface area contributed by atoms with E-state index in [0.717, 1.165) is 25.0 Å². The van der Waals surface area contributed by atoms with Crippen molar-refractivity contribution in [2.24, 2.45) is 0 Å². The Morgan fingerprint density at radius 1 is 1.27 bits per heavy atom. The summed E-state index contributed by atoms with van der Waals surface area (Å²) in [5.41, 5.74) is 0.616. The van der Waals surface area contributed by atoms with Crippen LogP contribution in [0.3, 0.4) is 0 Å². The molecule has 1 aliphatic rings. The van der Waals surface area contributed by atoms with E-state index >= 15 is 0 Å². The standard InChI is InChI=1S/C22H20F2N6O3/c1-2-32-14-7-13(8-14)30-11-16(21(29-30)20-15(23)3-6-19(24)28-20)27-22(31)18-5-4-17(33-18)12-9-25-26-10-12/h3-6,9-11,13-14H,2,7-8H2,1H3,(H,25,26)(H,27,31)/t13-,14-. The molecule has 0 saturated heterocycles. The molecule has 0 atom stereocenters. The summed E-state index contributed by atoms with van der Waals surface area (Å²) >= 11 is 0. The number of halogens is 2. The smallest absolute Gasteiger partial charge is 0.291 e. The Bertz CT molecular complexity index is 1280. The van der Waals surface area contributed by atoms with Gasteiger partial charge in [0.1, 0.15) is 17.1 Å². The van der Waals surface area contributed by atoms with Crippen LogP contribution in [0.25, 0.3) is 22.7 Å². The molecule has 0 aliphatic heterocycles. The second-order valence-electron chi connectivity index (χ2n) is 7.64. The van der Waals surface area contributed by atoms with Crippen LogP contribution in [-0.2, 0) is 4.74 Å². The lowest BCUT2D eigenvalue weighted by Crippen LogP contribution is -2.33. The van der Waals surface area contributed by atoms with Gasteiger partial charge in [-0.3, -0.25) is 14.6 Å². The van der Waals surface area contributed by atoms with Crippen molar-refractivity contribution < 1.29 is 22.7 Å². The molecule has 4 aromatic rings. The molecular weight excluding hydrogens is 434 g/mol. The van der Waals surface area contributed by atoms with Gasteiger partial charge in [0.05, 0.1) is 29.6 Å². The van der Waals surface area contributed by atoms with E-state index in [1.807, 2.05) is 6.92 Å². The summed E-state index contributed by atoms with van der Waals surface area (Å²) < 4.78 is 41.1. The van der Waals surface area contributed by atoms with Gasteiger partial charge in [-0.25, -0.2) is 9.37 Å². The predicted molar refractivity (Wildman–Crippen MR) is 113 cm³/mol. The SMILES string of the molecule is CCO[C@H]1C[C@H](n2cc(NC(=O)c3ccc(-c4cn[nH]c4)o3)c(-c3nc(F)ccc3F)n2)C1. The molecule has 0 radical (unpaired) electrons. The molecule has 0 spiro atoms. The van der Waals surface area contributed by atoms with Crippen LogP contribution in [0.5, 0.6) is 0 Å². The number of ether oxygens (including phenoxy) is 1. The molecule has 1 saturated carbocycles. The van der Waals surface area contributed by atoms with Crippen molar-refractivity contribution in [3.8, 4) is 22.7 Å². The monoisotopic (exact) mass is 454 g/mol. The van der Waals surface area contributed by atoms with Crippen molar-refractivity contribution in [2.75, 3.05) is 11.9 Å². The minimum absolute atomic E-state index is 0.0129. The summed E-state index contributed by atoms with van der Waals surface area (Å²) in [4.78, 5) is 16.5. The Kier molecular flexibility index (Phi) is 5.47. The van der Waals surface area contributed by atoms with Crippen molar-refractivity contribution >= 4 is 11.6 Å². The molecule has 11 heteroatoms. The number of pyridine rings is 1. The van der Waals surface area contributed by atoms with Gasteiger partial charge >= 0.3 is 0 Å². The molecule has 4 heterocycles. The minimum Gasteiger partial charge on any atom is -0.451 e. The number of aromatic nitrogens is 5. The number of rotatable bonds is 7. The summed E-state index contributed by atoms with van der Waals surface area (Å²) in [6.07, 6.45) is 6.37. The van der Waals surface area contributed by atoms with Gasteiger partial charge in [-0.1, -0.05) is 0 Å². The number of aromatic amines is 1. The Morgan fingerprint density at radius 2 is 2.12 bits per heavy atom. The van der Waals surface area contributed by atoms with Crippen LogP contribution < -0.4 is 5.32 Å². The highest BCUT2D eigenvalue weighted by Gasteiger charge is 2.33. The van der Waals surface area contributed by atoms with Crippen LogP contribution in [-0.4, -0.2) is 43.6 Å². The number of furan rings is 1. The van der Waals surface area contributed by atoms with E-state index in [1.54, 1.807) is 29.3 Å². The van der Waals surface area contributed by atoms with Gasteiger partial charge in [-0.05, 0) is 44.0 Å². The van der Waals surface area contributed by atoms with Gasteiger partial charge in [0.2, 0.25) is 5.95 Å². The number of amides is 1. The summed E-state index contributed by atoms with van der Waals surface area (Å²) in [6.45, 7) is 2.55. The predicted octanol–water partition coefficient (Wildman–Crippen LogP) is 4.20. The molecule has 5 rings (SSSR count). The average Bonchev–Trinajstić information content (AvgIpc) is 3.52. The van der Waals surface area contributed by atoms with Crippen LogP contribution in [0.15, 0.2) is 47.3 Å². The summed E-state index contributed by atoms with van der Waals surface area (Å²) in [5, 5.41) is 13.6. The second kappa shape index (κ2) is 8.58. The van der Waals surface area contributed by atoms with E-state index in [-0.39, 0.29) is 35.0 Å². The van der Waals surface area contributed by atoms with Crippen LogP contribution in [0.2, 0.25) is 0 Å². The zero-order chi connectivity index (χ0) is 22.9. The molecule has 33 heavy (non-hydrogen) atoms. The summed E-state index contributed by atoms with van der Waals surface area (Å²) in [6, 6.07) is 5.06. The maximum absolute atomic E-state index is 14.5. The fourth-order valence-corrected chi connectivity index (χ4v) is 3.74. The van der Waals surface area contributed by atoms with Crippen molar-refractivity contribution in [1.82, 2.24) is 25.0 Å². The van der Waals surface area contributed by atoms with Gasteiger partial charge in [0.25, 0.3) is 5.91 Å². The average molecular weight is 454 g/mol. The third-order valence-corrected chi connectivity index (χ3v) is 5.48. The number of H-pyrrole nitrogens is 1. The van der Waals surface area contributed by atoms with Crippen molar-refractivity contribution in [1.29, 1.82) is 0 Å². The zero-order valence-corrected chi connectivity index (χ0v) is 17.6. The number of nitrogens with one attached hydrogen (secondary N) is 2. The lowest BCUT2D eigenvalue weighted by molar-refractivity contribution is -0.0226. The molecule has 0 aromatic carbocycles. The third kappa shape index (κ3) is 4.14. The first kappa shape index (κ1) is 21.0. The molecule has 1 aliphatic carbocycles. The van der Waals surface area contributed by atoms with E-state index in [0.29, 0.717) is 17.9 Å². The normalized spacial score (nSPS) is 17.7. The molecule has 170 valence electrons. The molecule has 9 nitrogen and oxygen atoms in total. The number of carbonyl (C=O) groups is 1. The third-order valence-electron chi connectivity index (χ3n) is 5.48. The molecule has 1 fully saturated rings. The fourth-order valence-electron chi connectivity index (χ4n) is 3.74. The number of hydrogen-bond acceptors (Lipinski definition) is 6. The van der Waals surface area contributed by atoms with E-state index in [2.05, 4.69) is 25.6 Å². The van der Waals surface area contributed by atoms with Crippen LogP contribution in [0.4, 0.5) is 14.5 Å². The van der Waals surface area contributed by atoms with Crippen molar-refractivity contribution in [3.63, 3.8) is 0 Å².